The number of likely N-dealkylation sites (tertiary alicyclic amines) is 1. The Morgan fingerprint density at radius 3 is 2.62 bits per heavy atom. The van der Waals surface area contributed by atoms with Gasteiger partial charge in [0.15, 0.2) is 0 Å². The predicted molar refractivity (Wildman–Crippen MR) is 141 cm³/mol. The first-order valence-corrected chi connectivity index (χ1v) is 16.5. The van der Waals surface area contributed by atoms with E-state index in [4.69, 9.17) is 9.72 Å². The summed E-state index contributed by atoms with van der Waals surface area (Å²) < 4.78 is 8.29. The van der Waals surface area contributed by atoms with Gasteiger partial charge in [0.25, 0.3) is 0 Å². The van der Waals surface area contributed by atoms with Gasteiger partial charge in [-0.2, -0.15) is 0 Å². The molecule has 2 saturated heterocycles. The van der Waals surface area contributed by atoms with E-state index in [2.05, 4.69) is 56.2 Å². The van der Waals surface area contributed by atoms with Gasteiger partial charge in [-0.05, 0) is 50.9 Å². The zero-order chi connectivity index (χ0) is 23.5. The van der Waals surface area contributed by atoms with Crippen LogP contribution in [-0.2, 0) is 11.5 Å². The van der Waals surface area contributed by atoms with Crippen molar-refractivity contribution in [3.8, 4) is 11.1 Å². The van der Waals surface area contributed by atoms with Crippen molar-refractivity contribution in [1.29, 1.82) is 0 Å². The number of aromatic nitrogens is 4. The Hall–Kier alpha value is -2.29. The second-order valence-corrected chi connectivity index (χ2v) is 16.6. The molecule has 0 spiro atoms. The highest BCUT2D eigenvalue weighted by atomic mass is 28.3. The van der Waals surface area contributed by atoms with Crippen LogP contribution in [0.4, 0.5) is 5.69 Å². The van der Waals surface area contributed by atoms with Crippen LogP contribution in [0.15, 0.2) is 37.2 Å². The highest BCUT2D eigenvalue weighted by molar-refractivity contribution is 6.76. The van der Waals surface area contributed by atoms with Crippen LogP contribution in [0.2, 0.25) is 25.7 Å². The van der Waals surface area contributed by atoms with Crippen molar-refractivity contribution in [3.05, 3.63) is 37.2 Å². The van der Waals surface area contributed by atoms with Crippen LogP contribution in [-0.4, -0.2) is 71.3 Å². The lowest BCUT2D eigenvalue weighted by Gasteiger charge is -2.39. The number of pyridine rings is 1. The van der Waals surface area contributed by atoms with Crippen LogP contribution in [0.1, 0.15) is 25.7 Å². The summed E-state index contributed by atoms with van der Waals surface area (Å²) in [7, 11) is -1.12. The lowest BCUT2D eigenvalue weighted by Crippen LogP contribution is -2.47. The quantitative estimate of drug-likeness (QED) is 0.340. The Morgan fingerprint density at radius 1 is 1.06 bits per heavy atom. The molecule has 7 nitrogen and oxygen atoms in total. The molecule has 1 atom stereocenters. The highest BCUT2D eigenvalue weighted by Gasteiger charge is 2.29. The summed E-state index contributed by atoms with van der Waals surface area (Å²) in [5, 5.41) is 1.19. The fraction of sp³-hybridized carbons (Fsp3) is 0.577. The van der Waals surface area contributed by atoms with Gasteiger partial charge in [0.2, 0.25) is 0 Å². The van der Waals surface area contributed by atoms with Crippen molar-refractivity contribution >= 4 is 24.8 Å². The van der Waals surface area contributed by atoms with Crippen LogP contribution < -0.4 is 4.90 Å². The van der Waals surface area contributed by atoms with E-state index in [9.17, 15) is 0 Å². The zero-order valence-electron chi connectivity index (χ0n) is 20.9. The van der Waals surface area contributed by atoms with Crippen LogP contribution in [0, 0.1) is 0 Å². The largest absolute Gasteiger partial charge is 0.369 e. The maximum Gasteiger partial charge on any atom is 0.144 e. The number of hydrogen-bond acceptors (Lipinski definition) is 6. The normalized spacial score (nSPS) is 19.9. The molecule has 0 unspecified atom stereocenters. The van der Waals surface area contributed by atoms with Crippen molar-refractivity contribution in [3.63, 3.8) is 0 Å². The topological polar surface area (TPSA) is 59.3 Å². The summed E-state index contributed by atoms with van der Waals surface area (Å²) >= 11 is 0. The molecule has 0 N–H and O–H groups in total. The van der Waals surface area contributed by atoms with E-state index in [0.717, 1.165) is 42.5 Å². The number of ether oxygens (including phenoxy) is 1. The van der Waals surface area contributed by atoms with Gasteiger partial charge < -0.3 is 14.2 Å². The van der Waals surface area contributed by atoms with Gasteiger partial charge in [-0.3, -0.25) is 4.90 Å². The van der Waals surface area contributed by atoms with E-state index in [-0.39, 0.29) is 0 Å². The second kappa shape index (κ2) is 10.1. The minimum Gasteiger partial charge on any atom is -0.369 e. The maximum atomic E-state index is 6.13. The van der Waals surface area contributed by atoms with Crippen molar-refractivity contribution < 1.29 is 4.74 Å². The number of piperidine rings is 1. The third-order valence-electron chi connectivity index (χ3n) is 7.23. The number of hydrogen-bond donors (Lipinski definition) is 0. The molecular formula is C26H38N6OSi. The first-order valence-electron chi connectivity index (χ1n) is 12.8. The lowest BCUT2D eigenvalue weighted by atomic mass is 10.0. The van der Waals surface area contributed by atoms with Crippen LogP contribution in [0.3, 0.4) is 0 Å². The molecule has 2 aliphatic heterocycles. The Kier molecular flexibility index (Phi) is 6.99. The average molecular weight is 479 g/mol. The van der Waals surface area contributed by atoms with Crippen LogP contribution in [0.5, 0.6) is 0 Å². The van der Waals surface area contributed by atoms with Gasteiger partial charge in [0.05, 0.1) is 5.39 Å². The van der Waals surface area contributed by atoms with E-state index in [1.54, 1.807) is 6.33 Å². The molecular weight excluding hydrogens is 440 g/mol. The molecule has 0 aromatic carbocycles. The van der Waals surface area contributed by atoms with Gasteiger partial charge in [-0.1, -0.05) is 19.6 Å². The van der Waals surface area contributed by atoms with E-state index in [1.807, 2.05) is 18.6 Å². The van der Waals surface area contributed by atoms with E-state index >= 15 is 0 Å². The molecule has 5 heterocycles. The molecule has 3 aromatic heterocycles. The number of nitrogens with zero attached hydrogens (tertiary/aromatic N) is 6. The first kappa shape index (κ1) is 23.4. The number of rotatable bonds is 8. The summed E-state index contributed by atoms with van der Waals surface area (Å²) in [4.78, 5) is 18.7. The van der Waals surface area contributed by atoms with Crippen molar-refractivity contribution in [1.82, 2.24) is 24.4 Å². The first-order chi connectivity index (χ1) is 16.5. The van der Waals surface area contributed by atoms with E-state index in [1.165, 1.54) is 49.8 Å². The monoisotopic (exact) mass is 478 g/mol. The van der Waals surface area contributed by atoms with Crippen molar-refractivity contribution in [2.24, 2.45) is 0 Å². The smallest absolute Gasteiger partial charge is 0.144 e. The molecule has 3 aromatic rings. The minimum atomic E-state index is -1.12. The van der Waals surface area contributed by atoms with Gasteiger partial charge >= 0.3 is 0 Å². The Labute approximate surface area is 204 Å². The summed E-state index contributed by atoms with van der Waals surface area (Å²) in [6, 6.07) is 4.00. The molecule has 2 fully saturated rings. The molecule has 0 radical (unpaired) electrons. The van der Waals surface area contributed by atoms with Crippen molar-refractivity contribution in [2.45, 2.75) is 64.1 Å². The summed E-state index contributed by atoms with van der Waals surface area (Å²) in [6.07, 6.45) is 14.7. The fourth-order valence-electron chi connectivity index (χ4n) is 5.34. The molecule has 0 bridgehead atoms. The molecule has 0 amide bonds. The summed E-state index contributed by atoms with van der Waals surface area (Å²) in [5.74, 6) is 0. The van der Waals surface area contributed by atoms with Crippen LogP contribution >= 0.6 is 0 Å². The van der Waals surface area contributed by atoms with Gasteiger partial charge in [0, 0.05) is 75.4 Å². The highest BCUT2D eigenvalue weighted by Crippen LogP contribution is 2.37. The molecule has 34 heavy (non-hydrogen) atoms. The minimum absolute atomic E-state index is 0.515. The van der Waals surface area contributed by atoms with Crippen LogP contribution in [0.25, 0.3) is 22.2 Å². The lowest BCUT2D eigenvalue weighted by molar-refractivity contribution is 0.0899. The predicted octanol–water partition coefficient (Wildman–Crippen LogP) is 4.87. The van der Waals surface area contributed by atoms with Gasteiger partial charge in [-0.25, -0.2) is 15.0 Å². The fourth-order valence-corrected chi connectivity index (χ4v) is 6.09. The summed E-state index contributed by atoms with van der Waals surface area (Å²) in [5.41, 5.74) is 4.41. The average Bonchev–Trinajstić information content (AvgIpc) is 3.51. The molecule has 182 valence electrons. The molecule has 0 aliphatic carbocycles. The molecule has 0 saturated carbocycles. The Balaban J connectivity index is 1.48. The Bertz CT molecular complexity index is 1090. The Morgan fingerprint density at radius 2 is 1.85 bits per heavy atom. The second-order valence-electron chi connectivity index (χ2n) is 11.0. The SMILES string of the molecule is C[Si](C)(C)CCOCn1cc(-c2cncnc2)c2c(N3CCC[C@H](N4CCCC4)C3)ccnc21. The van der Waals surface area contributed by atoms with E-state index < -0.39 is 8.07 Å². The zero-order valence-corrected chi connectivity index (χ0v) is 21.9. The summed E-state index contributed by atoms with van der Waals surface area (Å²) in [6.45, 7) is 13.1. The molecule has 2 aliphatic rings. The molecule has 5 rings (SSSR count). The van der Waals surface area contributed by atoms with E-state index in [0.29, 0.717) is 12.8 Å². The third kappa shape index (κ3) is 5.19. The van der Waals surface area contributed by atoms with Gasteiger partial charge in [0.1, 0.15) is 18.7 Å². The van der Waals surface area contributed by atoms with Crippen molar-refractivity contribution in [2.75, 3.05) is 37.7 Å². The standard InChI is InChI=1S/C26H38N6OSi/c1-34(2,3)14-13-33-20-32-18-23(21-15-27-19-28-16-21)25-24(8-9-29-26(25)32)31-12-6-7-22(17-31)30-10-4-5-11-30/h8-9,15-16,18-19,22H,4-7,10-14,17,20H2,1-3H3/t22-/m0/s1. The number of anilines is 1. The maximum absolute atomic E-state index is 6.13. The van der Waals surface area contributed by atoms with Gasteiger partial charge in [-0.15, -0.1) is 0 Å². The third-order valence-corrected chi connectivity index (χ3v) is 8.93. The molecule has 8 heteroatoms. The number of fused-ring (bicyclic) bond motifs is 1.